The first-order chi connectivity index (χ1) is 9.70. The number of carbonyl (C=O) groups excluding carboxylic acids is 1. The van der Waals surface area contributed by atoms with Crippen molar-refractivity contribution in [2.75, 3.05) is 0 Å². The van der Waals surface area contributed by atoms with Gasteiger partial charge in [-0.3, -0.25) is 4.68 Å². The molecule has 1 atom stereocenters. The highest BCUT2D eigenvalue weighted by Crippen LogP contribution is 2.46. The summed E-state index contributed by atoms with van der Waals surface area (Å²) >= 11 is 0. The fourth-order valence-electron chi connectivity index (χ4n) is 3.09. The van der Waals surface area contributed by atoms with Crippen LogP contribution in [0.1, 0.15) is 65.1 Å². The van der Waals surface area contributed by atoms with Crippen LogP contribution in [0.2, 0.25) is 0 Å². The van der Waals surface area contributed by atoms with E-state index in [0.717, 1.165) is 18.5 Å². The highest BCUT2D eigenvalue weighted by molar-refractivity contribution is 5.68. The molecule has 1 unspecified atom stereocenters. The normalized spacial score (nSPS) is 19.3. The molecule has 0 aliphatic heterocycles. The van der Waals surface area contributed by atoms with E-state index in [1.54, 1.807) is 4.68 Å². The summed E-state index contributed by atoms with van der Waals surface area (Å²) in [5.74, 6) is 0. The number of amides is 1. The Morgan fingerprint density at radius 1 is 1.43 bits per heavy atom. The molecule has 1 saturated carbocycles. The fraction of sp³-hybridized carbons (Fsp3) is 0.750. The number of alkyl carbamates (subject to hydrolysis) is 1. The number of nitrogens with zero attached hydrogens (tertiary/aromatic N) is 2. The maximum atomic E-state index is 12.2. The summed E-state index contributed by atoms with van der Waals surface area (Å²) < 4.78 is 7.19. The second kappa shape index (κ2) is 5.70. The van der Waals surface area contributed by atoms with E-state index in [1.165, 1.54) is 12.8 Å². The summed E-state index contributed by atoms with van der Waals surface area (Å²) in [6.45, 7) is 7.86. The number of hydrogen-bond acceptors (Lipinski definition) is 3. The lowest BCUT2D eigenvalue weighted by Crippen LogP contribution is -2.41. The average molecular weight is 293 g/mol. The van der Waals surface area contributed by atoms with Crippen LogP contribution in [0.3, 0.4) is 0 Å². The molecule has 5 nitrogen and oxygen atoms in total. The van der Waals surface area contributed by atoms with Gasteiger partial charge in [-0.1, -0.05) is 19.8 Å². The molecule has 1 aromatic heterocycles. The molecule has 5 heteroatoms. The zero-order chi connectivity index (χ0) is 15.7. The van der Waals surface area contributed by atoms with E-state index in [0.29, 0.717) is 0 Å². The van der Waals surface area contributed by atoms with E-state index >= 15 is 0 Å². The molecule has 1 aliphatic rings. The van der Waals surface area contributed by atoms with Crippen molar-refractivity contribution in [3.8, 4) is 0 Å². The first-order valence-electron chi connectivity index (χ1n) is 7.69. The summed E-state index contributed by atoms with van der Waals surface area (Å²) in [5.41, 5.74) is 0.466. The van der Waals surface area contributed by atoms with Crippen LogP contribution in [-0.4, -0.2) is 21.5 Å². The average Bonchev–Trinajstić information content (AvgIpc) is 2.94. The Morgan fingerprint density at radius 2 is 2.05 bits per heavy atom. The van der Waals surface area contributed by atoms with Gasteiger partial charge in [-0.2, -0.15) is 5.10 Å². The summed E-state index contributed by atoms with van der Waals surface area (Å²) in [7, 11) is 1.89. The summed E-state index contributed by atoms with van der Waals surface area (Å²) in [6, 6.07) is 1.88. The van der Waals surface area contributed by atoms with Crippen molar-refractivity contribution in [1.29, 1.82) is 0 Å². The molecule has 0 aromatic carbocycles. The van der Waals surface area contributed by atoms with Crippen molar-refractivity contribution >= 4 is 6.09 Å². The number of nitrogens with one attached hydrogen (secondary N) is 1. The maximum Gasteiger partial charge on any atom is 0.408 e. The third kappa shape index (κ3) is 3.99. The predicted octanol–water partition coefficient (Wildman–Crippen LogP) is 3.57. The zero-order valence-electron chi connectivity index (χ0n) is 13.8. The highest BCUT2D eigenvalue weighted by atomic mass is 16.6. The Balaban J connectivity index is 2.18. The number of carbonyl (C=O) groups is 1. The van der Waals surface area contributed by atoms with E-state index in [2.05, 4.69) is 17.3 Å². The van der Waals surface area contributed by atoms with Crippen LogP contribution in [-0.2, 0) is 11.8 Å². The number of aryl methyl sites for hydroxylation is 1. The smallest absolute Gasteiger partial charge is 0.408 e. The predicted molar refractivity (Wildman–Crippen MR) is 81.9 cm³/mol. The van der Waals surface area contributed by atoms with Gasteiger partial charge in [0.15, 0.2) is 0 Å². The fourth-order valence-corrected chi connectivity index (χ4v) is 3.09. The second-order valence-corrected chi connectivity index (χ2v) is 7.35. The van der Waals surface area contributed by atoms with Crippen LogP contribution in [0.25, 0.3) is 0 Å². The molecule has 118 valence electrons. The van der Waals surface area contributed by atoms with E-state index in [9.17, 15) is 4.79 Å². The van der Waals surface area contributed by atoms with E-state index < -0.39 is 5.60 Å². The van der Waals surface area contributed by atoms with Crippen LogP contribution >= 0.6 is 0 Å². The van der Waals surface area contributed by atoms with E-state index in [4.69, 9.17) is 4.74 Å². The molecule has 1 fully saturated rings. The highest BCUT2D eigenvalue weighted by Gasteiger charge is 2.40. The van der Waals surface area contributed by atoms with Gasteiger partial charge in [-0.25, -0.2) is 4.79 Å². The number of ether oxygens (including phenoxy) is 1. The Hall–Kier alpha value is -1.52. The van der Waals surface area contributed by atoms with Crippen LogP contribution < -0.4 is 5.32 Å². The van der Waals surface area contributed by atoms with Gasteiger partial charge in [0, 0.05) is 13.2 Å². The lowest BCUT2D eigenvalue weighted by Gasteiger charge is -2.34. The van der Waals surface area contributed by atoms with Gasteiger partial charge < -0.3 is 10.1 Å². The quantitative estimate of drug-likeness (QED) is 0.927. The number of hydrogen-bond donors (Lipinski definition) is 1. The number of rotatable bonds is 3. The van der Waals surface area contributed by atoms with Crippen molar-refractivity contribution in [1.82, 2.24) is 15.1 Å². The molecule has 0 radical (unpaired) electrons. The lowest BCUT2D eigenvalue weighted by atomic mass is 9.79. The van der Waals surface area contributed by atoms with Crippen LogP contribution in [0.15, 0.2) is 12.3 Å². The summed E-state index contributed by atoms with van der Waals surface area (Å²) in [6.07, 6.45) is 6.16. The van der Waals surface area contributed by atoms with Gasteiger partial charge in [-0.15, -0.1) is 0 Å². The minimum absolute atomic E-state index is 0.0469. The molecule has 2 rings (SSSR count). The Labute approximate surface area is 127 Å². The summed E-state index contributed by atoms with van der Waals surface area (Å²) in [4.78, 5) is 12.2. The van der Waals surface area contributed by atoms with Gasteiger partial charge in [-0.05, 0) is 45.1 Å². The van der Waals surface area contributed by atoms with Crippen molar-refractivity contribution < 1.29 is 9.53 Å². The van der Waals surface area contributed by atoms with Crippen LogP contribution in [0.5, 0.6) is 0 Å². The zero-order valence-corrected chi connectivity index (χ0v) is 13.8. The molecule has 0 saturated heterocycles. The molecule has 1 amide bonds. The third-order valence-corrected chi connectivity index (χ3v) is 4.13. The van der Waals surface area contributed by atoms with Crippen molar-refractivity contribution in [2.45, 2.75) is 65.0 Å². The van der Waals surface area contributed by atoms with E-state index in [-0.39, 0.29) is 17.6 Å². The van der Waals surface area contributed by atoms with Gasteiger partial charge in [0.2, 0.25) is 0 Å². The lowest BCUT2D eigenvalue weighted by molar-refractivity contribution is 0.0446. The van der Waals surface area contributed by atoms with E-state index in [1.807, 2.05) is 40.1 Å². The topological polar surface area (TPSA) is 56.2 Å². The van der Waals surface area contributed by atoms with Gasteiger partial charge in [0.05, 0.1) is 11.7 Å². The summed E-state index contributed by atoms with van der Waals surface area (Å²) in [5, 5.41) is 7.55. The molecule has 21 heavy (non-hydrogen) atoms. The SMILES string of the molecule is Cn1ccc(C(NC(=O)OC(C)(C)C)C2(C)CCCC2)n1. The minimum atomic E-state index is -0.491. The number of aromatic nitrogens is 2. The van der Waals surface area contributed by atoms with Gasteiger partial charge >= 0.3 is 6.09 Å². The molecular formula is C16H27N3O2. The molecule has 1 heterocycles. The van der Waals surface area contributed by atoms with Gasteiger partial charge in [0.25, 0.3) is 0 Å². The standard InChI is InChI=1S/C16H27N3O2/c1-15(2,3)21-14(20)17-13(12-8-11-19(5)18-12)16(4)9-6-7-10-16/h8,11,13H,6-7,9-10H2,1-5H3,(H,17,20). The van der Waals surface area contributed by atoms with Crippen LogP contribution in [0.4, 0.5) is 4.79 Å². The third-order valence-electron chi connectivity index (χ3n) is 4.13. The van der Waals surface area contributed by atoms with Crippen molar-refractivity contribution in [2.24, 2.45) is 12.5 Å². The Kier molecular flexibility index (Phi) is 4.30. The van der Waals surface area contributed by atoms with Crippen molar-refractivity contribution in [3.63, 3.8) is 0 Å². The van der Waals surface area contributed by atoms with Crippen molar-refractivity contribution in [3.05, 3.63) is 18.0 Å². The Morgan fingerprint density at radius 3 is 2.52 bits per heavy atom. The van der Waals surface area contributed by atoms with Gasteiger partial charge in [0.1, 0.15) is 5.60 Å². The molecule has 0 spiro atoms. The second-order valence-electron chi connectivity index (χ2n) is 7.35. The first-order valence-corrected chi connectivity index (χ1v) is 7.69. The molecular weight excluding hydrogens is 266 g/mol. The molecule has 1 aliphatic carbocycles. The molecule has 0 bridgehead atoms. The van der Waals surface area contributed by atoms with Crippen LogP contribution in [0, 0.1) is 5.41 Å². The minimum Gasteiger partial charge on any atom is -0.444 e. The molecule has 1 aromatic rings. The monoisotopic (exact) mass is 293 g/mol. The largest absolute Gasteiger partial charge is 0.444 e. The maximum absolute atomic E-state index is 12.2. The first kappa shape index (κ1) is 15.9. The molecule has 1 N–H and O–H groups in total. The Bertz CT molecular complexity index is 496.